The zero-order valence-corrected chi connectivity index (χ0v) is 13.5. The van der Waals surface area contributed by atoms with Gasteiger partial charge in [0.2, 0.25) is 0 Å². The number of carbonyl (C=O) groups is 1. The van der Waals surface area contributed by atoms with Gasteiger partial charge < -0.3 is 10.1 Å². The van der Waals surface area contributed by atoms with Gasteiger partial charge in [-0.3, -0.25) is 4.79 Å². The predicted octanol–water partition coefficient (Wildman–Crippen LogP) is 3.76. The number of ether oxygens (including phenoxy) is 1. The highest BCUT2D eigenvalue weighted by molar-refractivity contribution is 5.94. The highest BCUT2D eigenvalue weighted by Gasteiger charge is 2.14. The molecule has 120 valence electrons. The number of hydrogen-bond acceptors (Lipinski definition) is 2. The molecule has 0 aliphatic heterocycles. The van der Waals surface area contributed by atoms with Gasteiger partial charge >= 0.3 is 0 Å². The molecule has 0 aromatic heterocycles. The number of aryl methyl sites for hydroxylation is 2. The Labute approximate surface area is 137 Å². The topological polar surface area (TPSA) is 38.3 Å². The molecule has 1 atom stereocenters. The van der Waals surface area contributed by atoms with Crippen molar-refractivity contribution in [1.82, 2.24) is 5.32 Å². The Bertz CT molecular complexity index is 667. The number of carbonyl (C=O) groups excluding carboxylic acids is 1. The fourth-order valence-electron chi connectivity index (χ4n) is 2.96. The zero-order chi connectivity index (χ0) is 16.1. The van der Waals surface area contributed by atoms with E-state index in [2.05, 4.69) is 17.4 Å². The van der Waals surface area contributed by atoms with E-state index in [4.69, 9.17) is 4.74 Å². The smallest absolute Gasteiger partial charge is 0.251 e. The Kier molecular flexibility index (Phi) is 4.96. The Balaban J connectivity index is 1.56. The quantitative estimate of drug-likeness (QED) is 0.913. The predicted molar refractivity (Wildman–Crippen MR) is 91.9 cm³/mol. The first-order chi connectivity index (χ1) is 11.2. The van der Waals surface area contributed by atoms with Gasteiger partial charge in [-0.15, -0.1) is 0 Å². The van der Waals surface area contributed by atoms with Crippen molar-refractivity contribution in [3.05, 3.63) is 65.2 Å². The molecular weight excluding hydrogens is 286 g/mol. The van der Waals surface area contributed by atoms with Crippen LogP contribution in [0.3, 0.4) is 0 Å². The van der Waals surface area contributed by atoms with E-state index in [0.717, 1.165) is 24.2 Å². The lowest BCUT2D eigenvalue weighted by Crippen LogP contribution is -2.36. The number of fused-ring (bicyclic) bond motifs is 1. The number of para-hydroxylation sites is 1. The van der Waals surface area contributed by atoms with Crippen molar-refractivity contribution in [2.45, 2.75) is 38.6 Å². The summed E-state index contributed by atoms with van der Waals surface area (Å²) in [6.07, 6.45) is 4.70. The molecule has 0 spiro atoms. The molecule has 1 aliphatic carbocycles. The molecule has 3 heteroatoms. The Morgan fingerprint density at radius 2 is 1.83 bits per heavy atom. The third kappa shape index (κ3) is 4.13. The average Bonchev–Trinajstić information content (AvgIpc) is 2.60. The fourth-order valence-corrected chi connectivity index (χ4v) is 2.96. The zero-order valence-electron chi connectivity index (χ0n) is 13.5. The summed E-state index contributed by atoms with van der Waals surface area (Å²) in [5.41, 5.74) is 3.47. The molecule has 3 rings (SSSR count). The third-order valence-corrected chi connectivity index (χ3v) is 4.23. The van der Waals surface area contributed by atoms with E-state index in [-0.39, 0.29) is 11.9 Å². The van der Waals surface area contributed by atoms with E-state index in [9.17, 15) is 4.79 Å². The van der Waals surface area contributed by atoms with Gasteiger partial charge in [0.05, 0.1) is 6.04 Å². The standard InChI is InChI=1S/C20H23NO2/c1-15(14-23-19-9-3-2-4-10-19)21-20(22)18-12-11-16-7-5-6-8-17(16)13-18/h2-4,9-13,15H,5-8,14H2,1H3,(H,21,22)/t15-/m1/s1. The Morgan fingerprint density at radius 3 is 2.61 bits per heavy atom. The summed E-state index contributed by atoms with van der Waals surface area (Å²) in [5.74, 6) is 0.796. The van der Waals surface area contributed by atoms with Crippen LogP contribution < -0.4 is 10.1 Å². The number of hydrogen-bond donors (Lipinski definition) is 1. The van der Waals surface area contributed by atoms with Crippen molar-refractivity contribution >= 4 is 5.91 Å². The molecule has 0 unspecified atom stereocenters. The first-order valence-electron chi connectivity index (χ1n) is 8.33. The highest BCUT2D eigenvalue weighted by Crippen LogP contribution is 2.22. The average molecular weight is 309 g/mol. The van der Waals surface area contributed by atoms with Crippen LogP contribution in [0.2, 0.25) is 0 Å². The van der Waals surface area contributed by atoms with Crippen LogP contribution in [0.25, 0.3) is 0 Å². The number of nitrogens with one attached hydrogen (secondary N) is 1. The van der Waals surface area contributed by atoms with Crippen LogP contribution in [0.5, 0.6) is 5.75 Å². The van der Waals surface area contributed by atoms with E-state index >= 15 is 0 Å². The monoisotopic (exact) mass is 309 g/mol. The molecule has 0 saturated carbocycles. The van der Waals surface area contributed by atoms with E-state index in [1.54, 1.807) is 0 Å². The van der Waals surface area contributed by atoms with Gasteiger partial charge in [0.25, 0.3) is 5.91 Å². The normalized spacial score (nSPS) is 14.7. The van der Waals surface area contributed by atoms with Crippen LogP contribution in [0.4, 0.5) is 0 Å². The van der Waals surface area contributed by atoms with Crippen LogP contribution >= 0.6 is 0 Å². The Morgan fingerprint density at radius 1 is 1.09 bits per heavy atom. The van der Waals surface area contributed by atoms with Crippen molar-refractivity contribution in [2.75, 3.05) is 6.61 Å². The third-order valence-electron chi connectivity index (χ3n) is 4.23. The summed E-state index contributed by atoms with van der Waals surface area (Å²) in [5, 5.41) is 3.01. The van der Waals surface area contributed by atoms with Crippen LogP contribution in [0.1, 0.15) is 41.3 Å². The van der Waals surface area contributed by atoms with Gasteiger partial charge in [-0.2, -0.15) is 0 Å². The lowest BCUT2D eigenvalue weighted by molar-refractivity contribution is 0.0926. The summed E-state index contributed by atoms with van der Waals surface area (Å²) >= 11 is 0. The van der Waals surface area contributed by atoms with Crippen molar-refractivity contribution in [2.24, 2.45) is 0 Å². The van der Waals surface area contributed by atoms with Crippen molar-refractivity contribution in [3.63, 3.8) is 0 Å². The molecule has 1 amide bonds. The second-order valence-corrected chi connectivity index (χ2v) is 6.19. The van der Waals surface area contributed by atoms with Crippen molar-refractivity contribution in [1.29, 1.82) is 0 Å². The molecule has 0 saturated heterocycles. The van der Waals surface area contributed by atoms with Gasteiger partial charge in [-0.05, 0) is 68.0 Å². The molecule has 2 aromatic carbocycles. The lowest BCUT2D eigenvalue weighted by atomic mass is 9.90. The molecule has 3 nitrogen and oxygen atoms in total. The summed E-state index contributed by atoms with van der Waals surface area (Å²) in [6.45, 7) is 2.42. The molecule has 2 aromatic rings. The van der Waals surface area contributed by atoms with E-state index in [0.29, 0.717) is 6.61 Å². The maximum absolute atomic E-state index is 12.4. The van der Waals surface area contributed by atoms with Crippen molar-refractivity contribution < 1.29 is 9.53 Å². The van der Waals surface area contributed by atoms with Crippen LogP contribution in [-0.4, -0.2) is 18.6 Å². The fraction of sp³-hybridized carbons (Fsp3) is 0.350. The summed E-state index contributed by atoms with van der Waals surface area (Å²) < 4.78 is 5.68. The maximum Gasteiger partial charge on any atom is 0.251 e. The second-order valence-electron chi connectivity index (χ2n) is 6.19. The van der Waals surface area contributed by atoms with Gasteiger partial charge in [0, 0.05) is 5.56 Å². The van der Waals surface area contributed by atoms with Gasteiger partial charge in [-0.25, -0.2) is 0 Å². The van der Waals surface area contributed by atoms with Crippen LogP contribution in [0.15, 0.2) is 48.5 Å². The van der Waals surface area contributed by atoms with Crippen LogP contribution in [0, 0.1) is 0 Å². The van der Waals surface area contributed by atoms with Gasteiger partial charge in [-0.1, -0.05) is 24.3 Å². The molecular formula is C20H23NO2. The minimum atomic E-state index is -0.0428. The number of rotatable bonds is 5. The molecule has 1 N–H and O–H groups in total. The molecule has 0 fully saturated rings. The number of amides is 1. The SMILES string of the molecule is C[C@H](COc1ccccc1)NC(=O)c1ccc2c(c1)CCCC2. The lowest BCUT2D eigenvalue weighted by Gasteiger charge is -2.18. The maximum atomic E-state index is 12.4. The Hall–Kier alpha value is -2.29. The van der Waals surface area contributed by atoms with E-state index in [1.807, 2.05) is 43.3 Å². The number of benzene rings is 2. The molecule has 1 aliphatic rings. The van der Waals surface area contributed by atoms with Crippen molar-refractivity contribution in [3.8, 4) is 5.75 Å². The summed E-state index contributed by atoms with van der Waals surface area (Å²) in [6, 6.07) is 15.7. The molecule has 0 heterocycles. The van der Waals surface area contributed by atoms with E-state index in [1.165, 1.54) is 24.0 Å². The van der Waals surface area contributed by atoms with Gasteiger partial charge in [0.15, 0.2) is 0 Å². The highest BCUT2D eigenvalue weighted by atomic mass is 16.5. The minimum absolute atomic E-state index is 0.0254. The minimum Gasteiger partial charge on any atom is -0.491 e. The summed E-state index contributed by atoms with van der Waals surface area (Å²) in [4.78, 5) is 12.4. The largest absolute Gasteiger partial charge is 0.491 e. The second kappa shape index (κ2) is 7.32. The first kappa shape index (κ1) is 15.6. The summed E-state index contributed by atoms with van der Waals surface area (Å²) in [7, 11) is 0. The van der Waals surface area contributed by atoms with Gasteiger partial charge in [0.1, 0.15) is 12.4 Å². The van der Waals surface area contributed by atoms with Crippen LogP contribution in [-0.2, 0) is 12.8 Å². The molecule has 0 bridgehead atoms. The first-order valence-corrected chi connectivity index (χ1v) is 8.33. The van der Waals surface area contributed by atoms with E-state index < -0.39 is 0 Å². The molecule has 23 heavy (non-hydrogen) atoms. The molecule has 0 radical (unpaired) electrons.